The number of rotatable bonds is 4. The van der Waals surface area contributed by atoms with Crippen molar-refractivity contribution in [3.8, 4) is 0 Å². The first-order valence-electron chi connectivity index (χ1n) is 8.39. The minimum Gasteiger partial charge on any atom is -0.480 e. The number of piperazine rings is 1. The van der Waals surface area contributed by atoms with Gasteiger partial charge in [0.1, 0.15) is 5.41 Å². The summed E-state index contributed by atoms with van der Waals surface area (Å²) in [6, 6.07) is 7.58. The molecule has 3 rings (SSSR count). The van der Waals surface area contributed by atoms with Crippen molar-refractivity contribution in [1.82, 2.24) is 9.80 Å². The third-order valence-electron chi connectivity index (χ3n) is 5.03. The number of aliphatic carboxylic acids is 1. The Kier molecular flexibility index (Phi) is 4.30. The van der Waals surface area contributed by atoms with E-state index < -0.39 is 11.4 Å². The molecule has 1 aliphatic heterocycles. The van der Waals surface area contributed by atoms with Gasteiger partial charge in [0.05, 0.1) is 0 Å². The second-order valence-electron chi connectivity index (χ2n) is 6.52. The fourth-order valence-electron chi connectivity index (χ4n) is 3.13. The first-order chi connectivity index (χ1) is 11.5. The number of benzene rings is 1. The van der Waals surface area contributed by atoms with Gasteiger partial charge in [-0.1, -0.05) is 19.1 Å². The molecule has 1 aromatic rings. The average molecular weight is 330 g/mol. The summed E-state index contributed by atoms with van der Waals surface area (Å²) >= 11 is 0. The molecule has 128 valence electrons. The lowest BCUT2D eigenvalue weighted by atomic mass is 10.0. The molecule has 1 heterocycles. The lowest BCUT2D eigenvalue weighted by Gasteiger charge is -2.36. The Morgan fingerprint density at radius 2 is 1.54 bits per heavy atom. The summed E-state index contributed by atoms with van der Waals surface area (Å²) in [5, 5.41) is 9.22. The van der Waals surface area contributed by atoms with Crippen LogP contribution in [0.15, 0.2) is 24.3 Å². The molecule has 1 aromatic carbocycles. The van der Waals surface area contributed by atoms with Crippen molar-refractivity contribution in [3.63, 3.8) is 0 Å². The van der Waals surface area contributed by atoms with Crippen LogP contribution in [0, 0.1) is 5.41 Å². The molecule has 0 aromatic heterocycles. The molecule has 1 saturated carbocycles. The maximum Gasteiger partial charge on any atom is 0.319 e. The van der Waals surface area contributed by atoms with Crippen molar-refractivity contribution in [2.45, 2.75) is 26.2 Å². The highest BCUT2D eigenvalue weighted by atomic mass is 16.4. The van der Waals surface area contributed by atoms with Gasteiger partial charge < -0.3 is 14.9 Å². The van der Waals surface area contributed by atoms with Crippen LogP contribution in [-0.2, 0) is 16.0 Å². The van der Waals surface area contributed by atoms with Gasteiger partial charge in [-0.25, -0.2) is 0 Å². The van der Waals surface area contributed by atoms with Crippen LogP contribution in [0.2, 0.25) is 0 Å². The van der Waals surface area contributed by atoms with E-state index in [1.807, 2.05) is 24.3 Å². The molecule has 6 heteroatoms. The van der Waals surface area contributed by atoms with Gasteiger partial charge in [0.2, 0.25) is 5.91 Å². The molecule has 24 heavy (non-hydrogen) atoms. The summed E-state index contributed by atoms with van der Waals surface area (Å²) in [7, 11) is 0. The third kappa shape index (κ3) is 2.88. The molecule has 6 nitrogen and oxygen atoms in total. The summed E-state index contributed by atoms with van der Waals surface area (Å²) < 4.78 is 0. The fourth-order valence-corrected chi connectivity index (χ4v) is 3.13. The van der Waals surface area contributed by atoms with Crippen LogP contribution < -0.4 is 0 Å². The van der Waals surface area contributed by atoms with Gasteiger partial charge in [-0.3, -0.25) is 14.4 Å². The molecule has 2 aliphatic rings. The van der Waals surface area contributed by atoms with E-state index in [0.717, 1.165) is 6.42 Å². The number of carbonyl (C=O) groups excluding carboxylic acids is 2. The highest BCUT2D eigenvalue weighted by Gasteiger charge is 2.58. The molecule has 1 saturated heterocycles. The fraction of sp³-hybridized carbons (Fsp3) is 0.500. The molecular formula is C18H22N2O4. The van der Waals surface area contributed by atoms with E-state index in [-0.39, 0.29) is 11.8 Å². The van der Waals surface area contributed by atoms with Gasteiger partial charge >= 0.3 is 5.97 Å². The zero-order valence-electron chi connectivity index (χ0n) is 13.8. The lowest BCUT2D eigenvalue weighted by Crippen LogP contribution is -2.53. The molecule has 0 radical (unpaired) electrons. The Labute approximate surface area is 141 Å². The Morgan fingerprint density at radius 3 is 2.00 bits per heavy atom. The molecule has 0 unspecified atom stereocenters. The maximum atomic E-state index is 12.5. The van der Waals surface area contributed by atoms with Crippen molar-refractivity contribution in [1.29, 1.82) is 0 Å². The Balaban J connectivity index is 1.59. The lowest BCUT2D eigenvalue weighted by molar-refractivity contribution is -0.154. The molecule has 2 amide bonds. The third-order valence-corrected chi connectivity index (χ3v) is 5.03. The van der Waals surface area contributed by atoms with E-state index in [2.05, 4.69) is 6.92 Å². The van der Waals surface area contributed by atoms with Crippen LogP contribution in [0.1, 0.15) is 35.7 Å². The van der Waals surface area contributed by atoms with E-state index >= 15 is 0 Å². The SMILES string of the molecule is CCc1ccc(C(=O)N2CCN(C(=O)C3(C(=O)O)CC3)CC2)cc1. The molecular weight excluding hydrogens is 308 g/mol. The van der Waals surface area contributed by atoms with Crippen LogP contribution in [0.5, 0.6) is 0 Å². The number of hydrogen-bond donors (Lipinski definition) is 1. The summed E-state index contributed by atoms with van der Waals surface area (Å²) in [5.74, 6) is -1.36. The zero-order valence-corrected chi connectivity index (χ0v) is 13.8. The summed E-state index contributed by atoms with van der Waals surface area (Å²) in [5.41, 5.74) is 0.642. The van der Waals surface area contributed by atoms with Crippen molar-refractivity contribution in [3.05, 3.63) is 35.4 Å². The van der Waals surface area contributed by atoms with Crippen molar-refractivity contribution in [2.24, 2.45) is 5.41 Å². The molecule has 0 bridgehead atoms. The Bertz CT molecular complexity index is 656. The predicted octanol–water partition coefficient (Wildman–Crippen LogP) is 1.40. The van der Waals surface area contributed by atoms with Gasteiger partial charge in [-0.15, -0.1) is 0 Å². The molecule has 1 aliphatic carbocycles. The van der Waals surface area contributed by atoms with Gasteiger partial charge in [-0.05, 0) is 37.0 Å². The number of carboxylic acid groups (broad SMARTS) is 1. The standard InChI is InChI=1S/C18H22N2O4/c1-2-13-3-5-14(6-4-13)15(21)19-9-11-20(12-10-19)16(22)18(7-8-18)17(23)24/h3-6H,2,7-12H2,1H3,(H,23,24). The number of nitrogens with zero attached hydrogens (tertiary/aromatic N) is 2. The normalized spacial score (nSPS) is 19.0. The summed E-state index contributed by atoms with van der Waals surface area (Å²) in [6.45, 7) is 3.74. The van der Waals surface area contributed by atoms with Gasteiger partial charge in [-0.2, -0.15) is 0 Å². The van der Waals surface area contributed by atoms with Crippen LogP contribution in [0.4, 0.5) is 0 Å². The van der Waals surface area contributed by atoms with Crippen molar-refractivity contribution < 1.29 is 19.5 Å². The first-order valence-corrected chi connectivity index (χ1v) is 8.39. The van der Waals surface area contributed by atoms with Gasteiger partial charge in [0.25, 0.3) is 5.91 Å². The van der Waals surface area contributed by atoms with Gasteiger partial charge in [0.15, 0.2) is 0 Å². The van der Waals surface area contributed by atoms with Gasteiger partial charge in [0, 0.05) is 31.7 Å². The second-order valence-corrected chi connectivity index (χ2v) is 6.52. The van der Waals surface area contributed by atoms with Crippen LogP contribution >= 0.6 is 0 Å². The number of carbonyl (C=O) groups is 3. The number of hydrogen-bond acceptors (Lipinski definition) is 3. The average Bonchev–Trinajstić information content (AvgIpc) is 3.43. The molecule has 0 spiro atoms. The Hall–Kier alpha value is -2.37. The van der Waals surface area contributed by atoms with E-state index in [1.54, 1.807) is 9.80 Å². The smallest absolute Gasteiger partial charge is 0.319 e. The summed E-state index contributed by atoms with van der Waals surface area (Å²) in [4.78, 5) is 39.5. The maximum absolute atomic E-state index is 12.5. The predicted molar refractivity (Wildman–Crippen MR) is 87.6 cm³/mol. The van der Waals surface area contributed by atoms with Crippen molar-refractivity contribution in [2.75, 3.05) is 26.2 Å². The van der Waals surface area contributed by atoms with Crippen molar-refractivity contribution >= 4 is 17.8 Å². The Morgan fingerprint density at radius 1 is 1.00 bits per heavy atom. The van der Waals surface area contributed by atoms with Crippen LogP contribution in [0.3, 0.4) is 0 Å². The van der Waals surface area contributed by atoms with E-state index in [0.29, 0.717) is 44.6 Å². The minimum atomic E-state index is -1.19. The zero-order chi connectivity index (χ0) is 17.3. The topological polar surface area (TPSA) is 77.9 Å². The highest BCUT2D eigenvalue weighted by Crippen LogP contribution is 2.47. The number of amides is 2. The van der Waals surface area contributed by atoms with Crippen LogP contribution in [-0.4, -0.2) is 58.9 Å². The first kappa shape index (κ1) is 16.5. The van der Waals surface area contributed by atoms with E-state index in [1.165, 1.54) is 5.56 Å². The highest BCUT2D eigenvalue weighted by molar-refractivity contribution is 6.05. The monoisotopic (exact) mass is 330 g/mol. The molecule has 1 N–H and O–H groups in total. The second kappa shape index (κ2) is 6.26. The number of aryl methyl sites for hydroxylation is 1. The van der Waals surface area contributed by atoms with E-state index in [4.69, 9.17) is 0 Å². The largest absolute Gasteiger partial charge is 0.480 e. The summed E-state index contributed by atoms with van der Waals surface area (Å²) in [6.07, 6.45) is 1.77. The van der Waals surface area contributed by atoms with Crippen LogP contribution in [0.25, 0.3) is 0 Å². The molecule has 2 fully saturated rings. The minimum absolute atomic E-state index is 0.0379. The van der Waals surface area contributed by atoms with E-state index in [9.17, 15) is 19.5 Å². The quantitative estimate of drug-likeness (QED) is 0.847. The molecule has 0 atom stereocenters. The number of carboxylic acids is 1.